The van der Waals surface area contributed by atoms with Crippen LogP contribution in [0.15, 0.2) is 56.4 Å². The summed E-state index contributed by atoms with van der Waals surface area (Å²) in [6.07, 6.45) is 3.34. The second-order valence-corrected chi connectivity index (χ2v) is 6.64. The Morgan fingerprint density at radius 3 is 2.80 bits per heavy atom. The van der Waals surface area contributed by atoms with E-state index in [1.807, 2.05) is 48.3 Å². The van der Waals surface area contributed by atoms with Crippen molar-refractivity contribution in [2.24, 2.45) is 7.05 Å². The Bertz CT molecular complexity index is 905. The Labute approximate surface area is 154 Å². The van der Waals surface area contributed by atoms with Crippen molar-refractivity contribution in [3.05, 3.63) is 63.2 Å². The number of halogens is 1. The molecule has 0 amide bonds. The SMILES string of the molecule is CN(CCCc1cc(-c2ccccc2)no1)c1cnn(C)c(=O)c1Br. The zero-order chi connectivity index (χ0) is 17.8. The lowest BCUT2D eigenvalue weighted by molar-refractivity contribution is 0.383. The standard InChI is InChI=1S/C18H19BrN4O2/c1-22(16-12-20-23(2)18(24)17(16)19)10-6-9-14-11-15(21-25-14)13-7-4-3-5-8-13/h3-5,7-8,11-12H,6,9-10H2,1-2H3. The lowest BCUT2D eigenvalue weighted by Gasteiger charge is -2.19. The lowest BCUT2D eigenvalue weighted by atomic mass is 10.1. The number of hydrogen-bond acceptors (Lipinski definition) is 5. The van der Waals surface area contributed by atoms with Gasteiger partial charge in [0.15, 0.2) is 0 Å². The van der Waals surface area contributed by atoms with Crippen molar-refractivity contribution >= 4 is 21.6 Å². The third-order valence-electron chi connectivity index (χ3n) is 4.02. The van der Waals surface area contributed by atoms with Gasteiger partial charge >= 0.3 is 0 Å². The van der Waals surface area contributed by atoms with Crippen molar-refractivity contribution < 1.29 is 4.52 Å². The van der Waals surface area contributed by atoms with Crippen LogP contribution in [0, 0.1) is 0 Å². The average Bonchev–Trinajstić information content (AvgIpc) is 3.09. The highest BCUT2D eigenvalue weighted by Gasteiger charge is 2.12. The lowest BCUT2D eigenvalue weighted by Crippen LogP contribution is -2.26. The van der Waals surface area contributed by atoms with Gasteiger partial charge in [0.05, 0.1) is 11.9 Å². The second-order valence-electron chi connectivity index (χ2n) is 5.84. The Hall–Kier alpha value is -2.41. The maximum absolute atomic E-state index is 11.9. The minimum atomic E-state index is -0.146. The van der Waals surface area contributed by atoms with Crippen LogP contribution in [-0.4, -0.2) is 28.5 Å². The van der Waals surface area contributed by atoms with Gasteiger partial charge in [-0.2, -0.15) is 5.10 Å². The zero-order valence-corrected chi connectivity index (χ0v) is 15.7. The first-order valence-corrected chi connectivity index (χ1v) is 8.79. The summed E-state index contributed by atoms with van der Waals surface area (Å²) in [7, 11) is 3.57. The minimum absolute atomic E-state index is 0.146. The molecule has 0 saturated heterocycles. The summed E-state index contributed by atoms with van der Waals surface area (Å²) in [5.74, 6) is 0.855. The highest BCUT2D eigenvalue weighted by Crippen LogP contribution is 2.22. The summed E-state index contributed by atoms with van der Waals surface area (Å²) < 4.78 is 7.25. The number of rotatable bonds is 6. The van der Waals surface area contributed by atoms with Crippen molar-refractivity contribution in [2.45, 2.75) is 12.8 Å². The van der Waals surface area contributed by atoms with Gasteiger partial charge in [-0.15, -0.1) is 0 Å². The number of nitrogens with zero attached hydrogens (tertiary/aromatic N) is 4. The molecule has 0 atom stereocenters. The van der Waals surface area contributed by atoms with E-state index in [2.05, 4.69) is 26.2 Å². The van der Waals surface area contributed by atoms with E-state index in [1.54, 1.807) is 13.2 Å². The molecular weight excluding hydrogens is 384 g/mol. The van der Waals surface area contributed by atoms with E-state index in [0.29, 0.717) is 4.47 Å². The van der Waals surface area contributed by atoms with Crippen LogP contribution in [0.4, 0.5) is 5.69 Å². The average molecular weight is 403 g/mol. The van der Waals surface area contributed by atoms with Crippen LogP contribution in [0.1, 0.15) is 12.2 Å². The van der Waals surface area contributed by atoms with Gasteiger partial charge < -0.3 is 9.42 Å². The summed E-state index contributed by atoms with van der Waals surface area (Å²) in [6.45, 7) is 0.773. The van der Waals surface area contributed by atoms with Gasteiger partial charge in [0.1, 0.15) is 15.9 Å². The van der Waals surface area contributed by atoms with Gasteiger partial charge in [0, 0.05) is 38.7 Å². The van der Waals surface area contributed by atoms with Crippen molar-refractivity contribution in [1.82, 2.24) is 14.9 Å². The zero-order valence-electron chi connectivity index (χ0n) is 14.1. The quantitative estimate of drug-likeness (QED) is 0.632. The van der Waals surface area contributed by atoms with E-state index in [9.17, 15) is 4.79 Å². The highest BCUT2D eigenvalue weighted by atomic mass is 79.9. The molecule has 0 aliphatic heterocycles. The van der Waals surface area contributed by atoms with E-state index in [0.717, 1.165) is 42.1 Å². The van der Waals surface area contributed by atoms with Gasteiger partial charge in [-0.1, -0.05) is 35.5 Å². The third kappa shape index (κ3) is 3.99. The first kappa shape index (κ1) is 17.4. The second kappa shape index (κ2) is 7.65. The number of anilines is 1. The Kier molecular flexibility index (Phi) is 5.33. The molecule has 6 nitrogen and oxygen atoms in total. The van der Waals surface area contributed by atoms with Crippen molar-refractivity contribution in [2.75, 3.05) is 18.5 Å². The number of aryl methyl sites for hydroxylation is 2. The molecule has 2 aromatic heterocycles. The molecule has 25 heavy (non-hydrogen) atoms. The van der Waals surface area contributed by atoms with E-state index in [1.165, 1.54) is 4.68 Å². The smallest absolute Gasteiger partial charge is 0.282 e. The van der Waals surface area contributed by atoms with Crippen LogP contribution in [0.2, 0.25) is 0 Å². The van der Waals surface area contributed by atoms with Gasteiger partial charge in [-0.25, -0.2) is 4.68 Å². The molecule has 1 aromatic carbocycles. The van der Waals surface area contributed by atoms with Crippen LogP contribution in [0.25, 0.3) is 11.3 Å². The Morgan fingerprint density at radius 1 is 1.28 bits per heavy atom. The van der Waals surface area contributed by atoms with Gasteiger partial charge in [-0.05, 0) is 22.4 Å². The molecule has 0 fully saturated rings. The van der Waals surface area contributed by atoms with E-state index >= 15 is 0 Å². The van der Waals surface area contributed by atoms with Crippen molar-refractivity contribution in [3.63, 3.8) is 0 Å². The summed E-state index contributed by atoms with van der Waals surface area (Å²) >= 11 is 3.35. The van der Waals surface area contributed by atoms with Crippen LogP contribution in [0.3, 0.4) is 0 Å². The Balaban J connectivity index is 1.59. The van der Waals surface area contributed by atoms with Crippen molar-refractivity contribution in [1.29, 1.82) is 0 Å². The van der Waals surface area contributed by atoms with Crippen LogP contribution >= 0.6 is 15.9 Å². The third-order valence-corrected chi connectivity index (χ3v) is 4.76. The van der Waals surface area contributed by atoms with Gasteiger partial charge in [0.25, 0.3) is 5.56 Å². The molecule has 0 N–H and O–H groups in total. The van der Waals surface area contributed by atoms with Gasteiger partial charge in [0.2, 0.25) is 0 Å². The highest BCUT2D eigenvalue weighted by molar-refractivity contribution is 9.10. The fourth-order valence-corrected chi connectivity index (χ4v) is 3.22. The Morgan fingerprint density at radius 2 is 2.04 bits per heavy atom. The summed E-state index contributed by atoms with van der Waals surface area (Å²) in [5.41, 5.74) is 2.53. The molecule has 0 spiro atoms. The molecule has 0 saturated carbocycles. The molecule has 0 aliphatic rings. The fraction of sp³-hybridized carbons (Fsp3) is 0.278. The fourth-order valence-electron chi connectivity index (χ4n) is 2.55. The topological polar surface area (TPSA) is 64.2 Å². The molecule has 0 unspecified atom stereocenters. The predicted octanol–water partition coefficient (Wildman–Crippen LogP) is 3.27. The normalized spacial score (nSPS) is 10.8. The molecule has 0 bridgehead atoms. The predicted molar refractivity (Wildman–Crippen MR) is 101 cm³/mol. The van der Waals surface area contributed by atoms with E-state index < -0.39 is 0 Å². The first-order valence-electron chi connectivity index (χ1n) is 8.00. The molecule has 3 aromatic rings. The minimum Gasteiger partial charge on any atom is -0.372 e. The number of hydrogen-bond donors (Lipinski definition) is 0. The summed E-state index contributed by atoms with van der Waals surface area (Å²) in [6, 6.07) is 11.9. The summed E-state index contributed by atoms with van der Waals surface area (Å²) in [4.78, 5) is 13.9. The first-order chi connectivity index (χ1) is 12.1. The molecule has 0 radical (unpaired) electrons. The van der Waals surface area contributed by atoms with E-state index in [4.69, 9.17) is 4.52 Å². The van der Waals surface area contributed by atoms with Crippen LogP contribution in [-0.2, 0) is 13.5 Å². The molecule has 3 rings (SSSR count). The van der Waals surface area contributed by atoms with Gasteiger partial charge in [-0.3, -0.25) is 4.79 Å². The van der Waals surface area contributed by atoms with Crippen molar-refractivity contribution in [3.8, 4) is 11.3 Å². The van der Waals surface area contributed by atoms with Crippen LogP contribution < -0.4 is 10.5 Å². The molecule has 7 heteroatoms. The number of benzene rings is 1. The maximum Gasteiger partial charge on any atom is 0.282 e. The molecular formula is C18H19BrN4O2. The molecule has 0 aliphatic carbocycles. The van der Waals surface area contributed by atoms with Crippen LogP contribution in [0.5, 0.6) is 0 Å². The van der Waals surface area contributed by atoms with E-state index in [-0.39, 0.29) is 5.56 Å². The monoisotopic (exact) mass is 402 g/mol. The molecule has 2 heterocycles. The molecule has 130 valence electrons. The number of aromatic nitrogens is 3. The summed E-state index contributed by atoms with van der Waals surface area (Å²) in [5, 5.41) is 8.20. The largest absolute Gasteiger partial charge is 0.372 e. The maximum atomic E-state index is 11.9.